The van der Waals surface area contributed by atoms with E-state index in [1.807, 2.05) is 36.4 Å². The van der Waals surface area contributed by atoms with Gasteiger partial charge < -0.3 is 16.0 Å². The van der Waals surface area contributed by atoms with Crippen molar-refractivity contribution in [1.29, 1.82) is 0 Å². The summed E-state index contributed by atoms with van der Waals surface area (Å²) in [5, 5.41) is 13.2. The maximum atomic E-state index is 13.4. The Hall–Kier alpha value is -4.76. The third kappa shape index (κ3) is 5.53. The molecule has 6 rings (SSSR count). The summed E-state index contributed by atoms with van der Waals surface area (Å²) in [6.07, 6.45) is 4.20. The molecular formula is C36H39N5O4. The third-order valence-electron chi connectivity index (χ3n) is 8.70. The molecule has 0 bridgehead atoms. The number of anilines is 2. The number of imide groups is 2. The van der Waals surface area contributed by atoms with Gasteiger partial charge in [0.05, 0.1) is 0 Å². The third-order valence-corrected chi connectivity index (χ3v) is 8.70. The van der Waals surface area contributed by atoms with Crippen molar-refractivity contribution in [1.82, 2.24) is 15.1 Å². The fourth-order valence-corrected chi connectivity index (χ4v) is 6.31. The molecule has 0 saturated carbocycles. The molecule has 4 aromatic carbocycles. The first-order valence-corrected chi connectivity index (χ1v) is 16.0. The van der Waals surface area contributed by atoms with Gasteiger partial charge in [-0.3, -0.25) is 29.0 Å². The number of benzene rings is 4. The number of hydrogen-bond donors (Lipinski definition) is 3. The van der Waals surface area contributed by atoms with Crippen molar-refractivity contribution in [2.24, 2.45) is 0 Å². The van der Waals surface area contributed by atoms with Crippen LogP contribution in [0.3, 0.4) is 0 Å². The van der Waals surface area contributed by atoms with Crippen LogP contribution in [0.25, 0.3) is 21.5 Å². The minimum Gasteiger partial charge on any atom is -0.385 e. The largest absolute Gasteiger partial charge is 0.385 e. The summed E-state index contributed by atoms with van der Waals surface area (Å²) in [5.74, 6) is -1.28. The lowest BCUT2D eigenvalue weighted by Crippen LogP contribution is -2.46. The highest BCUT2D eigenvalue weighted by Gasteiger charge is 2.34. The van der Waals surface area contributed by atoms with Gasteiger partial charge in [0.15, 0.2) is 0 Å². The standard InChI is InChI=1S/C36H39N5O4/c1-3-5-17-38-29-15-13-27-31-23(29)9-7-11-25(31)33(42)40(35(27)44)21-19-37-20-22-41-34(43)26-12-8-10-24-30(39-18-6-4-2)16-14-28(32(24)26)36(41)45/h7-16,37-39H,3-6,17-22H2,1-2H3. The van der Waals surface area contributed by atoms with Crippen molar-refractivity contribution in [3.8, 4) is 0 Å². The Morgan fingerprint density at radius 1 is 0.511 bits per heavy atom. The molecule has 4 aromatic rings. The second-order valence-corrected chi connectivity index (χ2v) is 11.6. The highest BCUT2D eigenvalue weighted by atomic mass is 16.2. The number of rotatable bonds is 14. The second kappa shape index (κ2) is 13.1. The number of nitrogens with one attached hydrogen (secondary N) is 3. The second-order valence-electron chi connectivity index (χ2n) is 11.6. The Balaban J connectivity index is 1.09. The highest BCUT2D eigenvalue weighted by Crippen LogP contribution is 2.35. The van der Waals surface area contributed by atoms with E-state index in [0.29, 0.717) is 46.1 Å². The van der Waals surface area contributed by atoms with Crippen LogP contribution in [0.5, 0.6) is 0 Å². The summed E-state index contributed by atoms with van der Waals surface area (Å²) >= 11 is 0. The lowest BCUT2D eigenvalue weighted by molar-refractivity contribution is 0.0607. The van der Waals surface area contributed by atoms with E-state index in [-0.39, 0.29) is 36.7 Å². The summed E-state index contributed by atoms with van der Waals surface area (Å²) in [6.45, 7) is 6.90. The van der Waals surface area contributed by atoms with Gasteiger partial charge in [-0.25, -0.2) is 0 Å². The van der Waals surface area contributed by atoms with Crippen LogP contribution in [0.4, 0.5) is 11.4 Å². The molecule has 45 heavy (non-hydrogen) atoms. The fraction of sp³-hybridized carbons (Fsp3) is 0.333. The average Bonchev–Trinajstić information content (AvgIpc) is 3.05. The first-order valence-electron chi connectivity index (χ1n) is 16.0. The van der Waals surface area contributed by atoms with E-state index in [1.54, 1.807) is 24.3 Å². The van der Waals surface area contributed by atoms with E-state index in [1.165, 1.54) is 9.80 Å². The Bertz CT molecular complexity index is 1640. The molecule has 0 unspecified atom stereocenters. The van der Waals surface area contributed by atoms with Gasteiger partial charge in [-0.05, 0) is 49.2 Å². The molecule has 0 aliphatic carbocycles. The summed E-state index contributed by atoms with van der Waals surface area (Å²) in [5.41, 5.74) is 3.91. The predicted octanol–water partition coefficient (Wildman–Crippen LogP) is 5.90. The zero-order chi connectivity index (χ0) is 31.5. The van der Waals surface area contributed by atoms with E-state index in [4.69, 9.17) is 0 Å². The first kappa shape index (κ1) is 30.3. The van der Waals surface area contributed by atoms with Gasteiger partial charge in [-0.1, -0.05) is 51.0 Å². The van der Waals surface area contributed by atoms with Crippen LogP contribution in [0.15, 0.2) is 60.7 Å². The van der Waals surface area contributed by atoms with E-state index < -0.39 is 0 Å². The molecule has 0 fully saturated rings. The highest BCUT2D eigenvalue weighted by molar-refractivity contribution is 6.27. The van der Waals surface area contributed by atoms with Gasteiger partial charge in [-0.2, -0.15) is 0 Å². The quantitative estimate of drug-likeness (QED) is 0.121. The molecule has 9 nitrogen and oxygen atoms in total. The molecule has 0 saturated heterocycles. The molecule has 4 amide bonds. The monoisotopic (exact) mass is 605 g/mol. The van der Waals surface area contributed by atoms with E-state index in [9.17, 15) is 19.2 Å². The molecule has 0 atom stereocenters. The van der Waals surface area contributed by atoms with Crippen LogP contribution in [0.2, 0.25) is 0 Å². The van der Waals surface area contributed by atoms with Crippen LogP contribution >= 0.6 is 0 Å². The lowest BCUT2D eigenvalue weighted by Gasteiger charge is -2.29. The van der Waals surface area contributed by atoms with Crippen LogP contribution in [-0.4, -0.2) is 72.7 Å². The van der Waals surface area contributed by atoms with E-state index >= 15 is 0 Å². The summed E-state index contributed by atoms with van der Waals surface area (Å²) in [4.78, 5) is 56.3. The average molecular weight is 606 g/mol. The smallest absolute Gasteiger partial charge is 0.261 e. The Kier molecular flexibility index (Phi) is 8.80. The topological polar surface area (TPSA) is 111 Å². The van der Waals surface area contributed by atoms with Crippen molar-refractivity contribution in [3.63, 3.8) is 0 Å². The normalized spacial score (nSPS) is 14.2. The van der Waals surface area contributed by atoms with Crippen molar-refractivity contribution in [2.75, 3.05) is 49.9 Å². The zero-order valence-corrected chi connectivity index (χ0v) is 25.9. The van der Waals surface area contributed by atoms with Gasteiger partial charge in [0, 0.05) is 94.4 Å². The number of hydrogen-bond acceptors (Lipinski definition) is 7. The minimum atomic E-state index is -0.319. The van der Waals surface area contributed by atoms with Crippen LogP contribution in [0, 0.1) is 0 Å². The first-order chi connectivity index (χ1) is 22.0. The minimum absolute atomic E-state index is 0.168. The van der Waals surface area contributed by atoms with E-state index in [2.05, 4.69) is 29.8 Å². The van der Waals surface area contributed by atoms with Crippen molar-refractivity contribution < 1.29 is 19.2 Å². The van der Waals surface area contributed by atoms with Gasteiger partial charge >= 0.3 is 0 Å². The van der Waals surface area contributed by atoms with Gasteiger partial charge in [0.2, 0.25) is 0 Å². The Labute approximate surface area is 262 Å². The van der Waals surface area contributed by atoms with Crippen molar-refractivity contribution in [2.45, 2.75) is 39.5 Å². The van der Waals surface area contributed by atoms with Crippen molar-refractivity contribution in [3.05, 3.63) is 82.9 Å². The summed E-state index contributed by atoms with van der Waals surface area (Å²) in [6, 6.07) is 18.6. The fourth-order valence-electron chi connectivity index (χ4n) is 6.31. The predicted molar refractivity (Wildman–Crippen MR) is 178 cm³/mol. The lowest BCUT2D eigenvalue weighted by atomic mass is 9.93. The van der Waals surface area contributed by atoms with Crippen molar-refractivity contribution >= 4 is 56.5 Å². The maximum Gasteiger partial charge on any atom is 0.261 e. The molecule has 2 aliphatic heterocycles. The van der Waals surface area contributed by atoms with Crippen LogP contribution in [-0.2, 0) is 0 Å². The molecule has 2 aliphatic rings. The summed E-state index contributed by atoms with van der Waals surface area (Å²) < 4.78 is 0. The Morgan fingerprint density at radius 2 is 0.911 bits per heavy atom. The molecule has 0 aromatic heterocycles. The number of unbranched alkanes of at least 4 members (excludes halogenated alkanes) is 2. The van der Waals surface area contributed by atoms with Gasteiger partial charge in [0.25, 0.3) is 23.6 Å². The zero-order valence-electron chi connectivity index (χ0n) is 25.9. The number of amides is 4. The molecule has 9 heteroatoms. The number of nitrogens with zero attached hydrogens (tertiary/aromatic N) is 2. The number of carbonyl (C=O) groups excluding carboxylic acids is 4. The van der Waals surface area contributed by atoms with Gasteiger partial charge in [0.1, 0.15) is 0 Å². The number of carbonyl (C=O) groups is 4. The van der Waals surface area contributed by atoms with E-state index in [0.717, 1.165) is 60.9 Å². The molecule has 232 valence electrons. The molecular weight excluding hydrogens is 566 g/mol. The molecule has 3 N–H and O–H groups in total. The maximum absolute atomic E-state index is 13.4. The SMILES string of the molecule is CCCCNc1ccc2c3c(cccc13)C(=O)N(CCNCCN1C(=O)c3cccc4c(NCCCC)ccc(c34)C1=O)C2=O. The molecule has 2 heterocycles. The van der Waals surface area contributed by atoms with Crippen LogP contribution < -0.4 is 16.0 Å². The molecule has 0 radical (unpaired) electrons. The van der Waals surface area contributed by atoms with Gasteiger partial charge in [-0.15, -0.1) is 0 Å². The molecule has 0 spiro atoms. The van der Waals surface area contributed by atoms with Crippen LogP contribution in [0.1, 0.15) is 81.0 Å². The summed E-state index contributed by atoms with van der Waals surface area (Å²) in [7, 11) is 0. The Morgan fingerprint density at radius 3 is 1.31 bits per heavy atom.